The van der Waals surface area contributed by atoms with Crippen molar-refractivity contribution >= 4 is 16.9 Å². The molecule has 0 aliphatic carbocycles. The number of aromatic nitrogens is 4. The molecule has 2 heterocycles. The molecule has 0 saturated heterocycles. The second-order valence-corrected chi connectivity index (χ2v) is 6.11. The minimum absolute atomic E-state index is 0.126. The SMILES string of the molecule is CCCCn1cnc2c1c(=O)n(CCCCC(C)=O)c(=O)n2CC. The summed E-state index contributed by atoms with van der Waals surface area (Å²) in [5.74, 6) is 0.126. The zero-order chi connectivity index (χ0) is 17.7. The Morgan fingerprint density at radius 1 is 1.08 bits per heavy atom. The molecule has 7 heteroatoms. The lowest BCUT2D eigenvalue weighted by atomic mass is 10.2. The standard InChI is InChI=1S/C17H26N4O3/c1-4-6-10-19-12-18-15-14(19)16(23)21(17(24)20(15)5-2)11-8-7-9-13(3)22/h12H,4-11H2,1-3H3. The van der Waals surface area contributed by atoms with Crippen LogP contribution in [0.5, 0.6) is 0 Å². The molecule has 24 heavy (non-hydrogen) atoms. The van der Waals surface area contributed by atoms with Gasteiger partial charge in [-0.1, -0.05) is 13.3 Å². The summed E-state index contributed by atoms with van der Waals surface area (Å²) in [5.41, 5.74) is 0.356. The number of hydrogen-bond donors (Lipinski definition) is 0. The maximum atomic E-state index is 12.8. The number of carbonyl (C=O) groups is 1. The van der Waals surface area contributed by atoms with Crippen LogP contribution in [0.25, 0.3) is 11.2 Å². The molecule has 0 atom stereocenters. The van der Waals surface area contributed by atoms with Gasteiger partial charge in [-0.2, -0.15) is 0 Å². The van der Waals surface area contributed by atoms with Crippen LogP contribution < -0.4 is 11.2 Å². The number of unbranched alkanes of at least 4 members (excludes halogenated alkanes) is 2. The summed E-state index contributed by atoms with van der Waals surface area (Å²) in [6, 6.07) is 0. The molecule has 0 saturated carbocycles. The Hall–Kier alpha value is -2.18. The summed E-state index contributed by atoms with van der Waals surface area (Å²) in [5, 5.41) is 0. The maximum Gasteiger partial charge on any atom is 0.332 e. The molecule has 7 nitrogen and oxygen atoms in total. The minimum atomic E-state index is -0.321. The zero-order valence-electron chi connectivity index (χ0n) is 14.7. The minimum Gasteiger partial charge on any atom is -0.325 e. The summed E-state index contributed by atoms with van der Waals surface area (Å²) in [6.45, 7) is 7.03. The van der Waals surface area contributed by atoms with Crippen molar-refractivity contribution < 1.29 is 4.79 Å². The fourth-order valence-corrected chi connectivity index (χ4v) is 2.86. The summed E-state index contributed by atoms with van der Waals surface area (Å²) in [7, 11) is 0. The number of aryl methyl sites for hydroxylation is 2. The molecular formula is C17H26N4O3. The molecule has 0 bridgehead atoms. The van der Waals surface area contributed by atoms with Gasteiger partial charge in [-0.25, -0.2) is 9.78 Å². The fraction of sp³-hybridized carbons (Fsp3) is 0.647. The third-order valence-electron chi connectivity index (χ3n) is 4.21. The van der Waals surface area contributed by atoms with Crippen molar-refractivity contribution in [2.24, 2.45) is 0 Å². The second-order valence-electron chi connectivity index (χ2n) is 6.11. The van der Waals surface area contributed by atoms with Crippen molar-refractivity contribution in [3.8, 4) is 0 Å². The molecule has 0 spiro atoms. The lowest BCUT2D eigenvalue weighted by molar-refractivity contribution is -0.117. The monoisotopic (exact) mass is 334 g/mol. The highest BCUT2D eigenvalue weighted by molar-refractivity contribution is 5.75. The second kappa shape index (κ2) is 8.08. The van der Waals surface area contributed by atoms with E-state index in [2.05, 4.69) is 11.9 Å². The molecule has 0 aliphatic heterocycles. The summed E-state index contributed by atoms with van der Waals surface area (Å²) in [6.07, 6.45) is 5.41. The largest absolute Gasteiger partial charge is 0.332 e. The normalized spacial score (nSPS) is 11.3. The Labute approximate surface area is 140 Å². The first kappa shape index (κ1) is 18.2. The topological polar surface area (TPSA) is 78.9 Å². The molecule has 0 unspecified atom stereocenters. The number of nitrogens with zero attached hydrogens (tertiary/aromatic N) is 4. The van der Waals surface area contributed by atoms with Crippen LogP contribution in [-0.4, -0.2) is 24.5 Å². The lowest BCUT2D eigenvalue weighted by Crippen LogP contribution is -2.40. The Morgan fingerprint density at radius 2 is 1.83 bits per heavy atom. The summed E-state index contributed by atoms with van der Waals surface area (Å²) < 4.78 is 4.68. The van der Waals surface area contributed by atoms with Crippen molar-refractivity contribution in [1.29, 1.82) is 0 Å². The van der Waals surface area contributed by atoms with Gasteiger partial charge >= 0.3 is 5.69 Å². The van der Waals surface area contributed by atoms with Gasteiger partial charge in [0.2, 0.25) is 0 Å². The Bertz CT molecular complexity index is 829. The van der Waals surface area contributed by atoms with Gasteiger partial charge in [0.25, 0.3) is 5.56 Å². The van der Waals surface area contributed by atoms with Crippen molar-refractivity contribution in [1.82, 2.24) is 18.7 Å². The first-order chi connectivity index (χ1) is 11.5. The van der Waals surface area contributed by atoms with Crippen LogP contribution in [0.1, 0.15) is 52.9 Å². The Kier molecular flexibility index (Phi) is 6.11. The lowest BCUT2D eigenvalue weighted by Gasteiger charge is -2.11. The van der Waals surface area contributed by atoms with Gasteiger partial charge < -0.3 is 9.36 Å². The van der Waals surface area contributed by atoms with Crippen molar-refractivity contribution in [3.63, 3.8) is 0 Å². The van der Waals surface area contributed by atoms with Gasteiger partial charge in [0.05, 0.1) is 6.33 Å². The molecule has 0 fully saturated rings. The van der Waals surface area contributed by atoms with E-state index in [1.54, 1.807) is 17.8 Å². The number of rotatable bonds is 9. The maximum absolute atomic E-state index is 12.8. The summed E-state index contributed by atoms with van der Waals surface area (Å²) >= 11 is 0. The van der Waals surface area contributed by atoms with Gasteiger partial charge in [0.1, 0.15) is 5.78 Å². The van der Waals surface area contributed by atoms with Gasteiger partial charge in [-0.15, -0.1) is 0 Å². The molecule has 0 aliphatic rings. The van der Waals surface area contributed by atoms with E-state index in [9.17, 15) is 14.4 Å². The van der Waals surface area contributed by atoms with E-state index in [1.807, 2.05) is 11.5 Å². The molecule has 0 radical (unpaired) electrons. The number of fused-ring (bicyclic) bond motifs is 1. The number of imidazole rings is 1. The van der Waals surface area contributed by atoms with Gasteiger partial charge in [0.15, 0.2) is 11.2 Å². The zero-order valence-corrected chi connectivity index (χ0v) is 14.7. The van der Waals surface area contributed by atoms with Gasteiger partial charge in [-0.3, -0.25) is 13.9 Å². The van der Waals surface area contributed by atoms with Crippen LogP contribution in [0.4, 0.5) is 0 Å². The molecule has 2 aromatic heterocycles. The van der Waals surface area contributed by atoms with Gasteiger partial charge in [-0.05, 0) is 33.1 Å². The van der Waals surface area contributed by atoms with Crippen LogP contribution in [0.3, 0.4) is 0 Å². The molecule has 132 valence electrons. The Morgan fingerprint density at radius 3 is 2.46 bits per heavy atom. The predicted octanol–water partition coefficient (Wildman–Crippen LogP) is 1.94. The van der Waals surface area contributed by atoms with Crippen LogP contribution in [-0.2, 0) is 24.4 Å². The van der Waals surface area contributed by atoms with Crippen LogP contribution in [0.2, 0.25) is 0 Å². The molecular weight excluding hydrogens is 308 g/mol. The van der Waals surface area contributed by atoms with E-state index >= 15 is 0 Å². The highest BCUT2D eigenvalue weighted by Gasteiger charge is 2.16. The molecule has 0 N–H and O–H groups in total. The van der Waals surface area contributed by atoms with Crippen LogP contribution in [0.15, 0.2) is 15.9 Å². The van der Waals surface area contributed by atoms with Crippen molar-refractivity contribution in [2.45, 2.75) is 72.5 Å². The average molecular weight is 334 g/mol. The average Bonchev–Trinajstić information content (AvgIpc) is 2.96. The number of ketones is 1. The van der Waals surface area contributed by atoms with E-state index < -0.39 is 0 Å². The molecule has 0 amide bonds. The van der Waals surface area contributed by atoms with E-state index in [0.29, 0.717) is 50.1 Å². The number of carbonyl (C=O) groups excluding carboxylic acids is 1. The predicted molar refractivity (Wildman–Crippen MR) is 93.4 cm³/mol. The first-order valence-electron chi connectivity index (χ1n) is 8.69. The first-order valence-corrected chi connectivity index (χ1v) is 8.69. The van der Waals surface area contributed by atoms with Crippen LogP contribution >= 0.6 is 0 Å². The Balaban J connectivity index is 2.44. The molecule has 0 aromatic carbocycles. The molecule has 2 aromatic rings. The highest BCUT2D eigenvalue weighted by atomic mass is 16.2. The summed E-state index contributed by atoms with van der Waals surface area (Å²) in [4.78, 5) is 40.7. The quantitative estimate of drug-likeness (QED) is 0.657. The van der Waals surface area contributed by atoms with Crippen molar-refractivity contribution in [2.75, 3.05) is 0 Å². The molecule has 2 rings (SSSR count). The van der Waals surface area contributed by atoms with Crippen molar-refractivity contribution in [3.05, 3.63) is 27.2 Å². The van der Waals surface area contributed by atoms with Crippen LogP contribution in [0, 0.1) is 0 Å². The fourth-order valence-electron chi connectivity index (χ4n) is 2.86. The third-order valence-corrected chi connectivity index (χ3v) is 4.21. The van der Waals surface area contributed by atoms with Gasteiger partial charge in [0, 0.05) is 26.1 Å². The van der Waals surface area contributed by atoms with E-state index in [0.717, 1.165) is 12.8 Å². The van der Waals surface area contributed by atoms with E-state index in [1.165, 1.54) is 4.57 Å². The smallest absolute Gasteiger partial charge is 0.325 e. The third kappa shape index (κ3) is 3.66. The highest BCUT2D eigenvalue weighted by Crippen LogP contribution is 2.09. The number of hydrogen-bond acceptors (Lipinski definition) is 4. The van der Waals surface area contributed by atoms with E-state index in [-0.39, 0.29) is 17.0 Å². The number of Topliss-reactive ketones (excluding diaryl/α,β-unsaturated/α-hetero) is 1. The van der Waals surface area contributed by atoms with E-state index in [4.69, 9.17) is 0 Å².